The molecule has 0 unspecified atom stereocenters. The monoisotopic (exact) mass is 418 g/mol. The van der Waals surface area contributed by atoms with Crippen LogP contribution in [0.4, 0.5) is 9.59 Å². The molecule has 0 radical (unpaired) electrons. The van der Waals surface area contributed by atoms with Crippen LogP contribution >= 0.6 is 0 Å². The molecule has 3 amide bonds. The number of hydrogen-bond acceptors (Lipinski definition) is 6. The van der Waals surface area contributed by atoms with E-state index in [-0.39, 0.29) is 37.0 Å². The largest absolute Gasteiger partial charge is 0.497 e. The smallest absolute Gasteiger partial charge is 0.416 e. The third-order valence-electron chi connectivity index (χ3n) is 5.26. The minimum Gasteiger partial charge on any atom is -0.497 e. The highest BCUT2D eigenvalue weighted by Gasteiger charge is 2.40. The van der Waals surface area contributed by atoms with Gasteiger partial charge in [-0.3, -0.25) is 4.79 Å². The molecule has 2 saturated heterocycles. The van der Waals surface area contributed by atoms with Crippen LogP contribution in [0.1, 0.15) is 39.2 Å². The van der Waals surface area contributed by atoms with Gasteiger partial charge in [0.1, 0.15) is 18.0 Å². The van der Waals surface area contributed by atoms with E-state index < -0.39 is 11.7 Å². The first-order chi connectivity index (χ1) is 14.2. The molecule has 0 N–H and O–H groups in total. The van der Waals surface area contributed by atoms with E-state index >= 15 is 0 Å². The van der Waals surface area contributed by atoms with Crippen molar-refractivity contribution in [1.29, 1.82) is 0 Å². The SMILES string of the molecule is COc1ccc(C[C@@H]2COC(=O)N2C(=O)C[C@H]2CCN(C(=O)OC(C)(C)C)C2)cc1. The van der Waals surface area contributed by atoms with Gasteiger partial charge in [-0.1, -0.05) is 12.1 Å². The zero-order valence-electron chi connectivity index (χ0n) is 18.1. The molecular weight excluding hydrogens is 388 g/mol. The van der Waals surface area contributed by atoms with Gasteiger partial charge in [-0.05, 0) is 57.2 Å². The van der Waals surface area contributed by atoms with Crippen LogP contribution in [-0.2, 0) is 20.7 Å². The Kier molecular flexibility index (Phi) is 6.53. The van der Waals surface area contributed by atoms with E-state index in [0.717, 1.165) is 11.3 Å². The first-order valence-corrected chi connectivity index (χ1v) is 10.3. The van der Waals surface area contributed by atoms with Crippen molar-refractivity contribution >= 4 is 18.1 Å². The highest BCUT2D eigenvalue weighted by molar-refractivity contribution is 5.93. The Labute approximate surface area is 177 Å². The fourth-order valence-electron chi connectivity index (χ4n) is 3.79. The molecule has 0 aliphatic carbocycles. The molecule has 0 saturated carbocycles. The zero-order valence-corrected chi connectivity index (χ0v) is 18.1. The number of carbonyl (C=O) groups excluding carboxylic acids is 3. The maximum absolute atomic E-state index is 12.9. The lowest BCUT2D eigenvalue weighted by Crippen LogP contribution is -2.41. The molecule has 8 heteroatoms. The lowest BCUT2D eigenvalue weighted by atomic mass is 10.0. The second-order valence-electron chi connectivity index (χ2n) is 8.83. The van der Waals surface area contributed by atoms with Crippen molar-refractivity contribution in [1.82, 2.24) is 9.80 Å². The third-order valence-corrected chi connectivity index (χ3v) is 5.26. The third kappa shape index (κ3) is 5.43. The lowest BCUT2D eigenvalue weighted by Gasteiger charge is -2.24. The molecule has 0 spiro atoms. The molecule has 2 aliphatic heterocycles. The maximum Gasteiger partial charge on any atom is 0.416 e. The van der Waals surface area contributed by atoms with Gasteiger partial charge in [0.05, 0.1) is 13.2 Å². The van der Waals surface area contributed by atoms with E-state index in [1.807, 2.05) is 45.0 Å². The number of rotatable bonds is 5. The number of likely N-dealkylation sites (tertiary alicyclic amines) is 1. The molecule has 0 aromatic heterocycles. The van der Waals surface area contributed by atoms with Crippen molar-refractivity contribution in [3.63, 3.8) is 0 Å². The van der Waals surface area contributed by atoms with Crippen molar-refractivity contribution < 1.29 is 28.6 Å². The van der Waals surface area contributed by atoms with Crippen LogP contribution in [0.5, 0.6) is 5.75 Å². The van der Waals surface area contributed by atoms with Crippen LogP contribution in [0, 0.1) is 5.92 Å². The number of methoxy groups -OCH3 is 1. The van der Waals surface area contributed by atoms with Crippen molar-refractivity contribution in [2.45, 2.75) is 51.7 Å². The quantitative estimate of drug-likeness (QED) is 0.730. The van der Waals surface area contributed by atoms with Gasteiger partial charge in [-0.15, -0.1) is 0 Å². The molecule has 164 valence electrons. The lowest BCUT2D eigenvalue weighted by molar-refractivity contribution is -0.130. The standard InChI is InChI=1S/C22H30N2O6/c1-22(2,3)30-20(26)23-10-9-16(13-23)12-19(25)24-17(14-29-21(24)27)11-15-5-7-18(28-4)8-6-15/h5-8,16-17H,9-14H2,1-4H3/t16-,17-/m1/s1. The molecular formula is C22H30N2O6. The summed E-state index contributed by atoms with van der Waals surface area (Å²) in [4.78, 5) is 40.2. The number of carbonyl (C=O) groups is 3. The molecule has 30 heavy (non-hydrogen) atoms. The molecule has 8 nitrogen and oxygen atoms in total. The number of hydrogen-bond donors (Lipinski definition) is 0. The van der Waals surface area contributed by atoms with Gasteiger partial charge in [0.25, 0.3) is 0 Å². The molecule has 2 fully saturated rings. The summed E-state index contributed by atoms with van der Waals surface area (Å²) in [6, 6.07) is 7.20. The molecule has 2 atom stereocenters. The summed E-state index contributed by atoms with van der Waals surface area (Å²) >= 11 is 0. The summed E-state index contributed by atoms with van der Waals surface area (Å²) < 4.78 is 15.7. The Bertz CT molecular complexity index is 786. The van der Waals surface area contributed by atoms with E-state index in [4.69, 9.17) is 14.2 Å². The maximum atomic E-state index is 12.9. The second kappa shape index (κ2) is 8.93. The predicted molar refractivity (Wildman–Crippen MR) is 109 cm³/mol. The fourth-order valence-corrected chi connectivity index (χ4v) is 3.79. The van der Waals surface area contributed by atoms with Crippen LogP contribution in [0.15, 0.2) is 24.3 Å². The van der Waals surface area contributed by atoms with Crippen molar-refractivity contribution in [3.05, 3.63) is 29.8 Å². The van der Waals surface area contributed by atoms with E-state index in [2.05, 4.69) is 0 Å². The van der Waals surface area contributed by atoms with E-state index in [1.165, 1.54) is 4.90 Å². The Morgan fingerprint density at radius 3 is 2.53 bits per heavy atom. The Morgan fingerprint density at radius 2 is 1.90 bits per heavy atom. The Morgan fingerprint density at radius 1 is 1.20 bits per heavy atom. The van der Waals surface area contributed by atoms with E-state index in [9.17, 15) is 14.4 Å². The number of cyclic esters (lactones) is 1. The van der Waals surface area contributed by atoms with Crippen LogP contribution in [0.25, 0.3) is 0 Å². The molecule has 3 rings (SSSR count). The fraction of sp³-hybridized carbons (Fsp3) is 0.591. The zero-order chi connectivity index (χ0) is 21.9. The topological polar surface area (TPSA) is 85.4 Å². The van der Waals surface area contributed by atoms with E-state index in [0.29, 0.717) is 25.9 Å². The van der Waals surface area contributed by atoms with Gasteiger partial charge >= 0.3 is 12.2 Å². The average molecular weight is 418 g/mol. The van der Waals surface area contributed by atoms with Gasteiger partial charge in [0.15, 0.2) is 0 Å². The summed E-state index contributed by atoms with van der Waals surface area (Å²) in [5.41, 5.74) is 0.438. The van der Waals surface area contributed by atoms with Crippen LogP contribution in [0.2, 0.25) is 0 Å². The minimum atomic E-state index is -0.597. The first kappa shape index (κ1) is 21.9. The molecule has 0 bridgehead atoms. The van der Waals surface area contributed by atoms with Gasteiger partial charge in [-0.25, -0.2) is 14.5 Å². The van der Waals surface area contributed by atoms with Crippen molar-refractivity contribution in [2.24, 2.45) is 5.92 Å². The van der Waals surface area contributed by atoms with Crippen molar-refractivity contribution in [2.75, 3.05) is 26.8 Å². The predicted octanol–water partition coefficient (Wildman–Crippen LogP) is 3.23. The second-order valence-corrected chi connectivity index (χ2v) is 8.83. The normalized spacial score (nSPS) is 21.5. The average Bonchev–Trinajstić information content (AvgIpc) is 3.28. The molecule has 2 heterocycles. The van der Waals surface area contributed by atoms with Gasteiger partial charge in [-0.2, -0.15) is 0 Å². The summed E-state index contributed by atoms with van der Waals surface area (Å²) in [5, 5.41) is 0. The van der Waals surface area contributed by atoms with E-state index in [1.54, 1.807) is 12.0 Å². The minimum absolute atomic E-state index is 0.0000507. The summed E-state index contributed by atoms with van der Waals surface area (Å²) in [6.07, 6.45) is 0.469. The van der Waals surface area contributed by atoms with Gasteiger partial charge < -0.3 is 19.1 Å². The van der Waals surface area contributed by atoms with Gasteiger partial charge in [0.2, 0.25) is 5.91 Å². The Hall–Kier alpha value is -2.77. The molecule has 1 aromatic carbocycles. The van der Waals surface area contributed by atoms with Crippen LogP contribution < -0.4 is 4.74 Å². The first-order valence-electron chi connectivity index (χ1n) is 10.3. The number of imide groups is 1. The Balaban J connectivity index is 1.56. The van der Waals surface area contributed by atoms with Crippen LogP contribution in [-0.4, -0.2) is 66.3 Å². The molecule has 1 aromatic rings. The number of nitrogens with zero attached hydrogens (tertiary/aromatic N) is 2. The van der Waals surface area contributed by atoms with Gasteiger partial charge in [0, 0.05) is 19.5 Å². The number of benzene rings is 1. The van der Waals surface area contributed by atoms with Crippen molar-refractivity contribution in [3.8, 4) is 5.75 Å². The summed E-state index contributed by atoms with van der Waals surface area (Å²) in [5.74, 6) is 0.494. The highest BCUT2D eigenvalue weighted by atomic mass is 16.6. The number of ether oxygens (including phenoxy) is 3. The summed E-state index contributed by atoms with van der Waals surface area (Å²) in [6.45, 7) is 6.66. The number of amides is 3. The highest BCUT2D eigenvalue weighted by Crippen LogP contribution is 2.26. The summed E-state index contributed by atoms with van der Waals surface area (Å²) in [7, 11) is 1.60. The molecule has 2 aliphatic rings. The van der Waals surface area contributed by atoms with Crippen LogP contribution in [0.3, 0.4) is 0 Å².